The minimum atomic E-state index is -1.22. The van der Waals surface area contributed by atoms with E-state index in [4.69, 9.17) is 10.5 Å². The Bertz CT molecular complexity index is 293. The number of rotatable bonds is 0. The van der Waals surface area contributed by atoms with E-state index in [0.29, 0.717) is 25.7 Å². The van der Waals surface area contributed by atoms with E-state index in [0.717, 1.165) is 0 Å². The SMILES string of the molecule is N#CC1(O)CC2CC(O)(C#N)CC2C1. The first kappa shape index (κ1) is 9.45. The molecular weight excluding hydrogens is 180 g/mol. The van der Waals surface area contributed by atoms with E-state index in [1.807, 2.05) is 12.1 Å². The van der Waals surface area contributed by atoms with Crippen molar-refractivity contribution in [1.29, 1.82) is 10.5 Å². The third-order valence-electron chi connectivity index (χ3n) is 3.48. The van der Waals surface area contributed by atoms with E-state index < -0.39 is 11.2 Å². The van der Waals surface area contributed by atoms with Gasteiger partial charge in [0, 0.05) is 0 Å². The van der Waals surface area contributed by atoms with Crippen molar-refractivity contribution >= 4 is 0 Å². The van der Waals surface area contributed by atoms with Crippen LogP contribution in [0, 0.1) is 34.5 Å². The van der Waals surface area contributed by atoms with E-state index in [1.54, 1.807) is 0 Å². The molecule has 2 fully saturated rings. The Morgan fingerprint density at radius 3 is 1.36 bits per heavy atom. The van der Waals surface area contributed by atoms with Gasteiger partial charge in [0.25, 0.3) is 0 Å². The van der Waals surface area contributed by atoms with Gasteiger partial charge in [0.15, 0.2) is 11.2 Å². The molecule has 0 saturated heterocycles. The molecule has 0 heterocycles. The molecule has 2 aliphatic carbocycles. The fourth-order valence-electron chi connectivity index (χ4n) is 2.90. The van der Waals surface area contributed by atoms with Crippen LogP contribution in [0.2, 0.25) is 0 Å². The molecule has 0 bridgehead atoms. The van der Waals surface area contributed by atoms with E-state index in [2.05, 4.69) is 0 Å². The van der Waals surface area contributed by atoms with Crippen LogP contribution in [-0.4, -0.2) is 21.4 Å². The monoisotopic (exact) mass is 192 g/mol. The molecule has 0 amide bonds. The molecule has 0 atom stereocenters. The molecule has 74 valence electrons. The second-order valence-electron chi connectivity index (χ2n) is 4.62. The van der Waals surface area contributed by atoms with Crippen molar-refractivity contribution < 1.29 is 10.2 Å². The van der Waals surface area contributed by atoms with Crippen molar-refractivity contribution in [2.45, 2.75) is 36.9 Å². The zero-order valence-corrected chi connectivity index (χ0v) is 7.77. The van der Waals surface area contributed by atoms with Crippen LogP contribution in [0.4, 0.5) is 0 Å². The molecule has 4 nitrogen and oxygen atoms in total. The molecule has 0 spiro atoms. The lowest BCUT2D eigenvalue weighted by Crippen LogP contribution is -2.28. The zero-order chi connectivity index (χ0) is 10.4. The van der Waals surface area contributed by atoms with Gasteiger partial charge in [0.1, 0.15) is 0 Å². The molecule has 4 heteroatoms. The van der Waals surface area contributed by atoms with Gasteiger partial charge in [0.05, 0.1) is 12.1 Å². The van der Waals surface area contributed by atoms with Crippen LogP contribution >= 0.6 is 0 Å². The van der Waals surface area contributed by atoms with Gasteiger partial charge in [-0.3, -0.25) is 0 Å². The topological polar surface area (TPSA) is 88.0 Å². The highest BCUT2D eigenvalue weighted by Gasteiger charge is 2.54. The number of hydrogen-bond donors (Lipinski definition) is 2. The van der Waals surface area contributed by atoms with Crippen molar-refractivity contribution in [3.63, 3.8) is 0 Å². The third-order valence-corrected chi connectivity index (χ3v) is 3.48. The summed E-state index contributed by atoms with van der Waals surface area (Å²) >= 11 is 0. The summed E-state index contributed by atoms with van der Waals surface area (Å²) in [7, 11) is 0. The molecule has 14 heavy (non-hydrogen) atoms. The normalized spacial score (nSPS) is 50.9. The lowest BCUT2D eigenvalue weighted by Gasteiger charge is -2.18. The highest BCUT2D eigenvalue weighted by molar-refractivity contribution is 5.16. The molecule has 0 aromatic carbocycles. The predicted octanol–water partition coefficient (Wildman–Crippen LogP) is 0.316. The molecule has 2 N–H and O–H groups in total. The molecule has 2 saturated carbocycles. The fourth-order valence-corrected chi connectivity index (χ4v) is 2.90. The van der Waals surface area contributed by atoms with Crippen molar-refractivity contribution in [1.82, 2.24) is 0 Å². The highest BCUT2D eigenvalue weighted by atomic mass is 16.3. The first-order chi connectivity index (χ1) is 6.50. The van der Waals surface area contributed by atoms with E-state index >= 15 is 0 Å². The average molecular weight is 192 g/mol. The molecule has 0 aromatic rings. The molecule has 0 unspecified atom stereocenters. The average Bonchev–Trinajstić information content (AvgIpc) is 2.57. The molecule has 0 aliphatic heterocycles. The fraction of sp³-hybridized carbons (Fsp3) is 0.800. The van der Waals surface area contributed by atoms with Crippen LogP contribution in [0.25, 0.3) is 0 Å². The van der Waals surface area contributed by atoms with Gasteiger partial charge in [-0.05, 0) is 37.5 Å². The maximum Gasteiger partial charge on any atom is 0.151 e. The molecule has 0 radical (unpaired) electrons. The summed E-state index contributed by atoms with van der Waals surface area (Å²) in [5.41, 5.74) is -2.43. The van der Waals surface area contributed by atoms with Crippen LogP contribution in [0.5, 0.6) is 0 Å². The summed E-state index contributed by atoms with van der Waals surface area (Å²) in [5.74, 6) is 0.258. The van der Waals surface area contributed by atoms with Gasteiger partial charge in [-0.1, -0.05) is 0 Å². The summed E-state index contributed by atoms with van der Waals surface area (Å²) < 4.78 is 0. The molecular formula is C10H12N2O2. The zero-order valence-electron chi connectivity index (χ0n) is 7.77. The van der Waals surface area contributed by atoms with Gasteiger partial charge < -0.3 is 10.2 Å². The van der Waals surface area contributed by atoms with E-state index in [1.165, 1.54) is 0 Å². The summed E-state index contributed by atoms with van der Waals surface area (Å²) in [6.07, 6.45) is 1.60. The smallest absolute Gasteiger partial charge is 0.151 e. The number of nitrogens with zero attached hydrogens (tertiary/aromatic N) is 2. The standard InChI is InChI=1S/C10H12N2O2/c11-5-9(13)1-7-2-10(14,6-12)4-8(7)3-9/h7-8,13-14H,1-4H2. The van der Waals surface area contributed by atoms with E-state index in [9.17, 15) is 10.2 Å². The van der Waals surface area contributed by atoms with Crippen LogP contribution in [0.3, 0.4) is 0 Å². The Labute approximate surface area is 82.4 Å². The molecule has 0 aromatic heterocycles. The van der Waals surface area contributed by atoms with Crippen molar-refractivity contribution in [2.75, 3.05) is 0 Å². The number of fused-ring (bicyclic) bond motifs is 1. The number of hydrogen-bond acceptors (Lipinski definition) is 4. The Morgan fingerprint density at radius 1 is 0.857 bits per heavy atom. The van der Waals surface area contributed by atoms with Crippen molar-refractivity contribution in [2.24, 2.45) is 11.8 Å². The lowest BCUT2D eigenvalue weighted by atomic mass is 9.94. The van der Waals surface area contributed by atoms with Gasteiger partial charge in [-0.25, -0.2) is 0 Å². The van der Waals surface area contributed by atoms with Gasteiger partial charge in [0.2, 0.25) is 0 Å². The lowest BCUT2D eigenvalue weighted by molar-refractivity contribution is 0.0631. The van der Waals surface area contributed by atoms with Gasteiger partial charge in [-0.2, -0.15) is 10.5 Å². The number of aliphatic hydroxyl groups is 2. The molecule has 2 rings (SSSR count). The highest BCUT2D eigenvalue weighted by Crippen LogP contribution is 2.51. The van der Waals surface area contributed by atoms with Crippen LogP contribution in [0.1, 0.15) is 25.7 Å². The van der Waals surface area contributed by atoms with Gasteiger partial charge >= 0.3 is 0 Å². The minimum absolute atomic E-state index is 0.129. The summed E-state index contributed by atoms with van der Waals surface area (Å²) in [5, 5.41) is 36.9. The third kappa shape index (κ3) is 1.28. The summed E-state index contributed by atoms with van der Waals surface area (Å²) in [4.78, 5) is 0. The Hall–Kier alpha value is -1.10. The van der Waals surface area contributed by atoms with Crippen LogP contribution < -0.4 is 0 Å². The van der Waals surface area contributed by atoms with Crippen LogP contribution in [0.15, 0.2) is 0 Å². The van der Waals surface area contributed by atoms with E-state index in [-0.39, 0.29) is 11.8 Å². The molecule has 2 aliphatic rings. The summed E-state index contributed by atoms with van der Waals surface area (Å²) in [6, 6.07) is 3.81. The first-order valence-corrected chi connectivity index (χ1v) is 4.77. The minimum Gasteiger partial charge on any atom is -0.375 e. The first-order valence-electron chi connectivity index (χ1n) is 4.77. The van der Waals surface area contributed by atoms with Crippen molar-refractivity contribution in [3.05, 3.63) is 0 Å². The van der Waals surface area contributed by atoms with Crippen molar-refractivity contribution in [3.8, 4) is 12.1 Å². The van der Waals surface area contributed by atoms with Crippen LogP contribution in [-0.2, 0) is 0 Å². The Balaban J connectivity index is 2.12. The Kier molecular flexibility index (Phi) is 1.82. The predicted molar refractivity (Wildman–Crippen MR) is 46.6 cm³/mol. The maximum atomic E-state index is 9.72. The number of nitriles is 2. The van der Waals surface area contributed by atoms with Gasteiger partial charge in [-0.15, -0.1) is 0 Å². The maximum absolute atomic E-state index is 9.72. The Morgan fingerprint density at radius 2 is 1.14 bits per heavy atom. The summed E-state index contributed by atoms with van der Waals surface area (Å²) in [6.45, 7) is 0. The quantitative estimate of drug-likeness (QED) is 0.541. The largest absolute Gasteiger partial charge is 0.375 e. The second-order valence-corrected chi connectivity index (χ2v) is 4.62. The second kappa shape index (κ2) is 2.70.